The van der Waals surface area contributed by atoms with Gasteiger partial charge in [-0.25, -0.2) is 9.67 Å². The average Bonchev–Trinajstić information content (AvgIpc) is 2.56. The Balaban J connectivity index is 2.53. The normalized spacial score (nSPS) is 10.3. The van der Waals surface area contributed by atoms with Gasteiger partial charge in [-0.15, -0.1) is 0 Å². The zero-order valence-electron chi connectivity index (χ0n) is 7.11. The number of rotatable bonds is 1. The van der Waals surface area contributed by atoms with Crippen LogP contribution in [0.2, 0.25) is 0 Å². The average molecular weight is 238 g/mol. The summed E-state index contributed by atoms with van der Waals surface area (Å²) in [6.45, 7) is 2.01. The summed E-state index contributed by atoms with van der Waals surface area (Å²) < 4.78 is 2.74. The van der Waals surface area contributed by atoms with E-state index in [1.54, 1.807) is 17.1 Å². The van der Waals surface area contributed by atoms with E-state index in [1.807, 2.05) is 25.3 Å². The Kier molecular flexibility index (Phi) is 2.14. The van der Waals surface area contributed by atoms with Crippen molar-refractivity contribution in [2.75, 3.05) is 0 Å². The minimum absolute atomic E-state index is 0.869. The van der Waals surface area contributed by atoms with Gasteiger partial charge in [0.1, 0.15) is 0 Å². The summed E-state index contributed by atoms with van der Waals surface area (Å²) in [5.74, 6) is 0.869. The molecule has 0 bridgehead atoms. The smallest absolute Gasteiger partial charge is 0.156 e. The topological polar surface area (TPSA) is 30.7 Å². The lowest BCUT2D eigenvalue weighted by Gasteiger charge is -2.03. The molecular formula is C9H8BrN3. The van der Waals surface area contributed by atoms with Crippen LogP contribution in [0.1, 0.15) is 5.56 Å². The zero-order chi connectivity index (χ0) is 9.26. The fourth-order valence-corrected chi connectivity index (χ4v) is 1.61. The summed E-state index contributed by atoms with van der Waals surface area (Å²) in [6.07, 6.45) is 5.39. The van der Waals surface area contributed by atoms with Crippen molar-refractivity contribution >= 4 is 15.9 Å². The Morgan fingerprint density at radius 2 is 2.31 bits per heavy atom. The maximum absolute atomic E-state index is 4.27. The minimum atomic E-state index is 0.869. The Morgan fingerprint density at radius 3 is 2.92 bits per heavy atom. The van der Waals surface area contributed by atoms with Crippen LogP contribution in [0.15, 0.2) is 35.2 Å². The van der Waals surface area contributed by atoms with E-state index in [0.717, 1.165) is 15.9 Å². The standard InChI is InChI=1S/C9H8BrN3/c1-7-5-8(10)6-11-9(7)13-4-2-3-12-13/h2-6H,1H3. The predicted molar refractivity (Wildman–Crippen MR) is 53.8 cm³/mol. The monoisotopic (exact) mass is 237 g/mol. The number of aryl methyl sites for hydroxylation is 1. The van der Waals surface area contributed by atoms with Gasteiger partial charge in [0.15, 0.2) is 5.82 Å². The molecule has 2 aromatic heterocycles. The Morgan fingerprint density at radius 1 is 1.46 bits per heavy atom. The molecule has 0 amide bonds. The second-order valence-electron chi connectivity index (χ2n) is 2.74. The third kappa shape index (κ3) is 1.62. The molecule has 2 aromatic rings. The molecule has 0 saturated heterocycles. The van der Waals surface area contributed by atoms with E-state index in [4.69, 9.17) is 0 Å². The van der Waals surface area contributed by atoms with E-state index in [2.05, 4.69) is 26.0 Å². The first-order valence-corrected chi connectivity index (χ1v) is 4.69. The third-order valence-corrected chi connectivity index (χ3v) is 2.17. The molecule has 0 unspecified atom stereocenters. The van der Waals surface area contributed by atoms with Crippen LogP contribution in [0, 0.1) is 6.92 Å². The molecule has 2 heterocycles. The molecule has 0 spiro atoms. The van der Waals surface area contributed by atoms with E-state index in [0.29, 0.717) is 0 Å². The van der Waals surface area contributed by atoms with Crippen molar-refractivity contribution in [2.24, 2.45) is 0 Å². The fraction of sp³-hybridized carbons (Fsp3) is 0.111. The predicted octanol–water partition coefficient (Wildman–Crippen LogP) is 2.34. The number of hydrogen-bond donors (Lipinski definition) is 0. The molecule has 0 aliphatic rings. The molecule has 0 aliphatic heterocycles. The van der Waals surface area contributed by atoms with Crippen molar-refractivity contribution in [1.29, 1.82) is 0 Å². The fourth-order valence-electron chi connectivity index (χ4n) is 1.17. The van der Waals surface area contributed by atoms with E-state index in [9.17, 15) is 0 Å². The second-order valence-corrected chi connectivity index (χ2v) is 3.66. The molecule has 0 aliphatic carbocycles. The SMILES string of the molecule is Cc1cc(Br)cnc1-n1cccn1. The van der Waals surface area contributed by atoms with Crippen molar-refractivity contribution in [3.63, 3.8) is 0 Å². The summed E-state index contributed by atoms with van der Waals surface area (Å²) >= 11 is 3.37. The first-order valence-electron chi connectivity index (χ1n) is 3.89. The van der Waals surface area contributed by atoms with Crippen LogP contribution in [0.3, 0.4) is 0 Å². The molecule has 0 fully saturated rings. The van der Waals surface area contributed by atoms with Gasteiger partial charge in [0, 0.05) is 23.1 Å². The lowest BCUT2D eigenvalue weighted by atomic mass is 10.3. The highest BCUT2D eigenvalue weighted by Crippen LogP contribution is 2.15. The number of halogens is 1. The molecule has 0 aromatic carbocycles. The molecule has 0 N–H and O–H groups in total. The number of hydrogen-bond acceptors (Lipinski definition) is 2. The molecular weight excluding hydrogens is 230 g/mol. The lowest BCUT2D eigenvalue weighted by Crippen LogP contribution is -2.00. The lowest BCUT2D eigenvalue weighted by molar-refractivity contribution is 0.837. The van der Waals surface area contributed by atoms with Crippen molar-refractivity contribution in [3.05, 3.63) is 40.8 Å². The Hall–Kier alpha value is -1.16. The van der Waals surface area contributed by atoms with Gasteiger partial charge in [-0.05, 0) is 40.5 Å². The van der Waals surface area contributed by atoms with Crippen molar-refractivity contribution in [1.82, 2.24) is 14.8 Å². The summed E-state index contributed by atoms with van der Waals surface area (Å²) in [7, 11) is 0. The summed E-state index contributed by atoms with van der Waals surface area (Å²) in [4.78, 5) is 4.27. The van der Waals surface area contributed by atoms with Gasteiger partial charge in [-0.2, -0.15) is 5.10 Å². The van der Waals surface area contributed by atoms with E-state index >= 15 is 0 Å². The van der Waals surface area contributed by atoms with E-state index in [-0.39, 0.29) is 0 Å². The number of nitrogens with zero attached hydrogens (tertiary/aromatic N) is 3. The highest BCUT2D eigenvalue weighted by Gasteiger charge is 2.02. The van der Waals surface area contributed by atoms with Crippen molar-refractivity contribution in [2.45, 2.75) is 6.92 Å². The molecule has 66 valence electrons. The maximum atomic E-state index is 4.27. The van der Waals surface area contributed by atoms with Gasteiger partial charge in [-0.3, -0.25) is 0 Å². The number of pyridine rings is 1. The quantitative estimate of drug-likeness (QED) is 0.763. The van der Waals surface area contributed by atoms with Crippen LogP contribution in [-0.4, -0.2) is 14.8 Å². The Bertz CT molecular complexity index is 409. The van der Waals surface area contributed by atoms with Crippen LogP contribution in [0.4, 0.5) is 0 Å². The molecule has 2 rings (SSSR count). The van der Waals surface area contributed by atoms with Gasteiger partial charge < -0.3 is 0 Å². The zero-order valence-corrected chi connectivity index (χ0v) is 8.69. The van der Waals surface area contributed by atoms with E-state index in [1.165, 1.54) is 0 Å². The van der Waals surface area contributed by atoms with Crippen LogP contribution >= 0.6 is 15.9 Å². The first kappa shape index (κ1) is 8.44. The summed E-state index contributed by atoms with van der Waals surface area (Å²) in [5.41, 5.74) is 1.10. The molecule has 0 saturated carbocycles. The second kappa shape index (κ2) is 3.30. The largest absolute Gasteiger partial charge is 0.236 e. The van der Waals surface area contributed by atoms with Crippen LogP contribution < -0.4 is 0 Å². The van der Waals surface area contributed by atoms with Crippen LogP contribution in [-0.2, 0) is 0 Å². The van der Waals surface area contributed by atoms with Crippen LogP contribution in [0.25, 0.3) is 5.82 Å². The highest BCUT2D eigenvalue weighted by atomic mass is 79.9. The highest BCUT2D eigenvalue weighted by molar-refractivity contribution is 9.10. The molecule has 4 heteroatoms. The van der Waals surface area contributed by atoms with Gasteiger partial charge in [0.05, 0.1) is 0 Å². The molecule has 0 radical (unpaired) electrons. The summed E-state index contributed by atoms with van der Waals surface area (Å²) in [5, 5.41) is 4.12. The van der Waals surface area contributed by atoms with Gasteiger partial charge >= 0.3 is 0 Å². The van der Waals surface area contributed by atoms with Gasteiger partial charge in [-0.1, -0.05) is 0 Å². The Labute approximate surface area is 84.5 Å². The van der Waals surface area contributed by atoms with E-state index < -0.39 is 0 Å². The van der Waals surface area contributed by atoms with Crippen LogP contribution in [0.5, 0.6) is 0 Å². The summed E-state index contributed by atoms with van der Waals surface area (Å²) in [6, 6.07) is 3.90. The number of aromatic nitrogens is 3. The van der Waals surface area contributed by atoms with Crippen molar-refractivity contribution < 1.29 is 0 Å². The third-order valence-electron chi connectivity index (χ3n) is 1.74. The first-order chi connectivity index (χ1) is 6.27. The van der Waals surface area contributed by atoms with Crippen molar-refractivity contribution in [3.8, 4) is 5.82 Å². The molecule has 13 heavy (non-hydrogen) atoms. The molecule has 0 atom stereocenters. The van der Waals surface area contributed by atoms with Gasteiger partial charge in [0.2, 0.25) is 0 Å². The minimum Gasteiger partial charge on any atom is -0.236 e. The molecule has 3 nitrogen and oxygen atoms in total. The van der Waals surface area contributed by atoms with Gasteiger partial charge in [0.25, 0.3) is 0 Å². The maximum Gasteiger partial charge on any atom is 0.156 e.